The third-order valence-corrected chi connectivity index (χ3v) is 3.00. The first-order valence-electron chi connectivity index (χ1n) is 5.76. The van der Waals surface area contributed by atoms with Crippen molar-refractivity contribution in [1.29, 1.82) is 0 Å². The summed E-state index contributed by atoms with van der Waals surface area (Å²) in [5.41, 5.74) is 1.17. The van der Waals surface area contributed by atoms with Crippen molar-refractivity contribution in [3.05, 3.63) is 70.1 Å². The highest BCUT2D eigenvalue weighted by atomic mass is 19.2. The van der Waals surface area contributed by atoms with Gasteiger partial charge in [-0.3, -0.25) is 4.57 Å². The molecule has 1 N–H and O–H groups in total. The van der Waals surface area contributed by atoms with Crippen LogP contribution in [0.4, 0.5) is 8.78 Å². The molecule has 0 radical (unpaired) electrons. The molecule has 5 heteroatoms. The number of hydrogen-bond donors (Lipinski definition) is 1. The number of aromatic amines is 1. The maximum absolute atomic E-state index is 13.3. The Morgan fingerprint density at radius 1 is 1.05 bits per heavy atom. The predicted molar refractivity (Wildman–Crippen MR) is 68.0 cm³/mol. The zero-order valence-corrected chi connectivity index (χ0v) is 9.86. The number of benzene rings is 2. The molecule has 0 saturated heterocycles. The number of H-pyrrole nitrogens is 1. The molecule has 0 spiro atoms. The van der Waals surface area contributed by atoms with Crippen LogP contribution in [0.15, 0.2) is 47.3 Å². The lowest BCUT2D eigenvalue weighted by atomic mass is 10.2. The van der Waals surface area contributed by atoms with Gasteiger partial charge < -0.3 is 4.98 Å². The number of aromatic nitrogens is 2. The Bertz CT molecular complexity index is 790. The number of rotatable bonds is 2. The van der Waals surface area contributed by atoms with E-state index in [9.17, 15) is 13.6 Å². The van der Waals surface area contributed by atoms with Crippen LogP contribution in [0.3, 0.4) is 0 Å². The highest BCUT2D eigenvalue weighted by Crippen LogP contribution is 2.16. The first-order chi connectivity index (χ1) is 9.15. The van der Waals surface area contributed by atoms with Gasteiger partial charge >= 0.3 is 5.69 Å². The minimum atomic E-state index is -0.972. The fourth-order valence-corrected chi connectivity index (χ4v) is 2.07. The van der Waals surface area contributed by atoms with Crippen LogP contribution in [0, 0.1) is 11.6 Å². The summed E-state index contributed by atoms with van der Waals surface area (Å²) in [5, 5.41) is 0. The summed E-state index contributed by atoms with van der Waals surface area (Å²) < 4.78 is 27.8. The molecule has 1 aromatic heterocycles. The number of hydrogen-bond acceptors (Lipinski definition) is 1. The molecule has 3 aromatic rings. The summed E-state index contributed by atoms with van der Waals surface area (Å²) in [5.74, 6) is -1.94. The van der Waals surface area contributed by atoms with Gasteiger partial charge in [0.05, 0.1) is 17.6 Å². The molecule has 3 rings (SSSR count). The van der Waals surface area contributed by atoms with Gasteiger partial charge in [0.25, 0.3) is 0 Å². The van der Waals surface area contributed by atoms with E-state index in [1.807, 2.05) is 30.3 Å². The van der Waals surface area contributed by atoms with E-state index >= 15 is 0 Å². The first kappa shape index (κ1) is 11.6. The van der Waals surface area contributed by atoms with Crippen molar-refractivity contribution in [2.45, 2.75) is 6.54 Å². The highest BCUT2D eigenvalue weighted by molar-refractivity contribution is 5.75. The molecule has 0 unspecified atom stereocenters. The molecule has 3 nitrogen and oxygen atoms in total. The zero-order valence-electron chi connectivity index (χ0n) is 9.86. The van der Waals surface area contributed by atoms with E-state index in [1.54, 1.807) is 0 Å². The second-order valence-corrected chi connectivity index (χ2v) is 4.29. The van der Waals surface area contributed by atoms with E-state index in [4.69, 9.17) is 0 Å². The van der Waals surface area contributed by atoms with Crippen LogP contribution in [0.25, 0.3) is 11.0 Å². The van der Waals surface area contributed by atoms with Crippen molar-refractivity contribution in [3.63, 3.8) is 0 Å². The van der Waals surface area contributed by atoms with Gasteiger partial charge in [0, 0.05) is 12.1 Å². The molecule has 2 aromatic carbocycles. The molecule has 1 heterocycles. The third kappa shape index (κ3) is 2.03. The fourth-order valence-electron chi connectivity index (χ4n) is 2.07. The normalized spacial score (nSPS) is 11.1. The van der Waals surface area contributed by atoms with E-state index in [0.717, 1.165) is 17.7 Å². The van der Waals surface area contributed by atoms with Gasteiger partial charge in [-0.25, -0.2) is 13.6 Å². The first-order valence-corrected chi connectivity index (χ1v) is 5.76. The molecule has 0 saturated carbocycles. The topological polar surface area (TPSA) is 37.8 Å². The molecule has 96 valence electrons. The average molecular weight is 260 g/mol. The maximum Gasteiger partial charge on any atom is 0.326 e. The average Bonchev–Trinajstić information content (AvgIpc) is 2.68. The lowest BCUT2D eigenvalue weighted by Gasteiger charge is -2.03. The minimum Gasteiger partial charge on any atom is -0.305 e. The molecule has 0 aliphatic heterocycles. The van der Waals surface area contributed by atoms with Crippen molar-refractivity contribution in [2.24, 2.45) is 0 Å². The summed E-state index contributed by atoms with van der Waals surface area (Å²) in [6.45, 7) is 0.310. The Kier molecular flexibility index (Phi) is 2.67. The Morgan fingerprint density at radius 3 is 2.47 bits per heavy atom. The molecule has 0 amide bonds. The van der Waals surface area contributed by atoms with Crippen molar-refractivity contribution in [3.8, 4) is 0 Å². The van der Waals surface area contributed by atoms with Crippen molar-refractivity contribution < 1.29 is 8.78 Å². The Balaban J connectivity index is 2.16. The molecular formula is C14H10F2N2O. The van der Waals surface area contributed by atoms with Crippen LogP contribution in [-0.2, 0) is 6.54 Å². The van der Waals surface area contributed by atoms with Gasteiger partial charge in [0.1, 0.15) is 0 Å². The van der Waals surface area contributed by atoms with Crippen LogP contribution in [0.2, 0.25) is 0 Å². The SMILES string of the molecule is O=c1[nH]c2cc(F)c(F)cc2n1Cc1ccccc1. The second-order valence-electron chi connectivity index (χ2n) is 4.29. The molecule has 0 aliphatic rings. The number of fused-ring (bicyclic) bond motifs is 1. The molecular weight excluding hydrogens is 250 g/mol. The fraction of sp³-hybridized carbons (Fsp3) is 0.0714. The van der Waals surface area contributed by atoms with Crippen molar-refractivity contribution >= 4 is 11.0 Å². The lowest BCUT2D eigenvalue weighted by molar-refractivity contribution is 0.510. The number of imidazole rings is 1. The van der Waals surface area contributed by atoms with E-state index in [1.165, 1.54) is 4.57 Å². The van der Waals surface area contributed by atoms with Crippen LogP contribution in [0.5, 0.6) is 0 Å². The van der Waals surface area contributed by atoms with E-state index in [-0.39, 0.29) is 5.69 Å². The highest BCUT2D eigenvalue weighted by Gasteiger charge is 2.11. The van der Waals surface area contributed by atoms with Gasteiger partial charge in [0.2, 0.25) is 0 Å². The second kappa shape index (κ2) is 4.35. The van der Waals surface area contributed by atoms with Crippen molar-refractivity contribution in [1.82, 2.24) is 9.55 Å². The number of nitrogens with zero attached hydrogens (tertiary/aromatic N) is 1. The quantitative estimate of drug-likeness (QED) is 0.755. The molecule has 0 aliphatic carbocycles. The predicted octanol–water partition coefficient (Wildman–Crippen LogP) is 2.66. The van der Waals surface area contributed by atoms with Gasteiger partial charge in [-0.2, -0.15) is 0 Å². The molecule has 19 heavy (non-hydrogen) atoms. The summed E-state index contributed by atoms with van der Waals surface area (Å²) in [6, 6.07) is 11.3. The van der Waals surface area contributed by atoms with E-state index < -0.39 is 11.6 Å². The standard InChI is InChI=1S/C14H10F2N2O/c15-10-6-12-13(7-11(10)16)18(14(19)17-12)8-9-4-2-1-3-5-9/h1-7H,8H2,(H,17,19). The smallest absolute Gasteiger partial charge is 0.305 e. The van der Waals surface area contributed by atoms with Crippen molar-refractivity contribution in [2.75, 3.05) is 0 Å². The van der Waals surface area contributed by atoms with Gasteiger partial charge in [-0.1, -0.05) is 30.3 Å². The number of halogens is 2. The van der Waals surface area contributed by atoms with E-state index in [0.29, 0.717) is 17.6 Å². The Morgan fingerprint density at radius 2 is 1.74 bits per heavy atom. The van der Waals surface area contributed by atoms with Crippen LogP contribution >= 0.6 is 0 Å². The Hall–Kier alpha value is -2.43. The van der Waals surface area contributed by atoms with Crippen LogP contribution in [-0.4, -0.2) is 9.55 Å². The van der Waals surface area contributed by atoms with Gasteiger partial charge in [0.15, 0.2) is 11.6 Å². The monoisotopic (exact) mass is 260 g/mol. The molecule has 0 bridgehead atoms. The largest absolute Gasteiger partial charge is 0.326 e. The van der Waals surface area contributed by atoms with Gasteiger partial charge in [-0.15, -0.1) is 0 Å². The van der Waals surface area contributed by atoms with Crippen LogP contribution in [0.1, 0.15) is 5.56 Å². The minimum absolute atomic E-state index is 0.292. The molecule has 0 atom stereocenters. The summed E-state index contributed by atoms with van der Waals surface area (Å²) in [7, 11) is 0. The number of nitrogens with one attached hydrogen (secondary N) is 1. The third-order valence-electron chi connectivity index (χ3n) is 3.00. The lowest BCUT2D eigenvalue weighted by Crippen LogP contribution is -2.17. The molecule has 0 fully saturated rings. The summed E-state index contributed by atoms with van der Waals surface area (Å²) >= 11 is 0. The van der Waals surface area contributed by atoms with Crippen LogP contribution < -0.4 is 5.69 Å². The van der Waals surface area contributed by atoms with Gasteiger partial charge in [-0.05, 0) is 5.56 Å². The summed E-state index contributed by atoms with van der Waals surface area (Å²) in [6.07, 6.45) is 0. The summed E-state index contributed by atoms with van der Waals surface area (Å²) in [4.78, 5) is 14.3. The Labute approximate surface area is 107 Å². The van der Waals surface area contributed by atoms with E-state index in [2.05, 4.69) is 4.98 Å². The zero-order chi connectivity index (χ0) is 13.4. The maximum atomic E-state index is 13.3.